The fourth-order valence-corrected chi connectivity index (χ4v) is 3.27. The van der Waals surface area contributed by atoms with Gasteiger partial charge in [-0.05, 0) is 44.4 Å². The Morgan fingerprint density at radius 1 is 1.32 bits per heavy atom. The topological polar surface area (TPSA) is 120 Å². The number of aromatic nitrogens is 2. The summed E-state index contributed by atoms with van der Waals surface area (Å²) in [5.74, 6) is -1.21. The van der Waals surface area contributed by atoms with Crippen molar-refractivity contribution < 1.29 is 14.3 Å². The van der Waals surface area contributed by atoms with Crippen LogP contribution in [0.1, 0.15) is 49.0 Å². The molecule has 1 heterocycles. The number of hydrogen-bond acceptors (Lipinski definition) is 5. The molecule has 0 aromatic carbocycles. The zero-order valence-corrected chi connectivity index (χ0v) is 14.2. The van der Waals surface area contributed by atoms with Crippen molar-refractivity contribution in [3.05, 3.63) is 11.9 Å². The Kier molecular flexibility index (Phi) is 5.34. The highest BCUT2D eigenvalue weighted by molar-refractivity contribution is 6.03. The fraction of sp³-hybridized carbons (Fsp3) is 0.647. The van der Waals surface area contributed by atoms with Gasteiger partial charge in [0.15, 0.2) is 0 Å². The molecule has 134 valence electrons. The lowest BCUT2D eigenvalue weighted by atomic mass is 9.93. The molecule has 1 atom stereocenters. The van der Waals surface area contributed by atoms with Crippen molar-refractivity contribution in [2.45, 2.75) is 50.7 Å². The van der Waals surface area contributed by atoms with E-state index in [1.54, 1.807) is 7.11 Å². The van der Waals surface area contributed by atoms with Crippen molar-refractivity contribution in [2.24, 2.45) is 11.8 Å². The van der Waals surface area contributed by atoms with Crippen molar-refractivity contribution in [3.8, 4) is 6.07 Å². The summed E-state index contributed by atoms with van der Waals surface area (Å²) in [4.78, 5) is 24.7. The van der Waals surface area contributed by atoms with Crippen molar-refractivity contribution in [2.75, 3.05) is 12.4 Å². The lowest BCUT2D eigenvalue weighted by molar-refractivity contribution is -0.118. The highest BCUT2D eigenvalue weighted by Gasteiger charge is 2.37. The maximum atomic E-state index is 12.5. The van der Waals surface area contributed by atoms with Gasteiger partial charge in [0.05, 0.1) is 24.1 Å². The maximum Gasteiger partial charge on any atom is 0.271 e. The quantitative estimate of drug-likeness (QED) is 0.723. The third-order valence-corrected chi connectivity index (χ3v) is 4.98. The molecular weight excluding hydrogens is 322 g/mol. The van der Waals surface area contributed by atoms with E-state index in [4.69, 9.17) is 10.00 Å². The first-order valence-electron chi connectivity index (χ1n) is 8.70. The number of anilines is 1. The Balaban J connectivity index is 1.58. The SMILES string of the molecule is COC1CCC(NC(=O)c2[nH]ncc2NC(=O)C(C#N)C2CC2)CC1. The molecule has 2 aliphatic rings. The maximum absolute atomic E-state index is 12.5. The highest BCUT2D eigenvalue weighted by Crippen LogP contribution is 2.37. The normalized spacial score (nSPS) is 24.2. The minimum Gasteiger partial charge on any atom is -0.381 e. The highest BCUT2D eigenvalue weighted by atomic mass is 16.5. The lowest BCUT2D eigenvalue weighted by Crippen LogP contribution is -2.39. The number of ether oxygens (including phenoxy) is 1. The molecule has 2 fully saturated rings. The molecular formula is C17H23N5O3. The van der Waals surface area contributed by atoms with E-state index in [2.05, 4.69) is 20.8 Å². The Morgan fingerprint density at radius 3 is 2.64 bits per heavy atom. The molecule has 1 unspecified atom stereocenters. The first-order chi connectivity index (χ1) is 12.1. The standard InChI is InChI=1S/C17H23N5O3/c1-25-12-6-4-11(5-7-12)20-17(24)15-14(9-19-22-15)21-16(23)13(8-18)10-2-3-10/h9-13H,2-7H2,1H3,(H,19,22)(H,20,24)(H,21,23). The number of hydrogen-bond donors (Lipinski definition) is 3. The van der Waals surface area contributed by atoms with Gasteiger partial charge in [0, 0.05) is 13.2 Å². The Morgan fingerprint density at radius 2 is 2.04 bits per heavy atom. The monoisotopic (exact) mass is 345 g/mol. The number of carbonyl (C=O) groups excluding carboxylic acids is 2. The van der Waals surface area contributed by atoms with E-state index in [1.807, 2.05) is 6.07 Å². The zero-order chi connectivity index (χ0) is 17.8. The summed E-state index contributed by atoms with van der Waals surface area (Å²) >= 11 is 0. The van der Waals surface area contributed by atoms with Gasteiger partial charge in [-0.15, -0.1) is 0 Å². The number of methoxy groups -OCH3 is 1. The van der Waals surface area contributed by atoms with Crippen LogP contribution >= 0.6 is 0 Å². The van der Waals surface area contributed by atoms with Gasteiger partial charge in [-0.25, -0.2) is 0 Å². The number of amides is 2. The summed E-state index contributed by atoms with van der Waals surface area (Å²) in [7, 11) is 1.71. The molecule has 0 saturated heterocycles. The molecule has 3 rings (SSSR count). The second-order valence-corrected chi connectivity index (χ2v) is 6.77. The number of nitriles is 1. The number of nitrogens with zero attached hydrogens (tertiary/aromatic N) is 2. The Hall–Kier alpha value is -2.40. The van der Waals surface area contributed by atoms with E-state index in [-0.39, 0.29) is 35.6 Å². The Labute approximate surface area is 146 Å². The summed E-state index contributed by atoms with van der Waals surface area (Å²) in [6.45, 7) is 0. The summed E-state index contributed by atoms with van der Waals surface area (Å²) < 4.78 is 5.33. The van der Waals surface area contributed by atoms with Crippen LogP contribution in [0.5, 0.6) is 0 Å². The molecule has 0 spiro atoms. The first-order valence-corrected chi connectivity index (χ1v) is 8.70. The van der Waals surface area contributed by atoms with E-state index < -0.39 is 5.92 Å². The average Bonchev–Trinajstić information content (AvgIpc) is 3.34. The van der Waals surface area contributed by atoms with Gasteiger partial charge in [-0.2, -0.15) is 10.4 Å². The molecule has 1 aromatic heterocycles. The number of rotatable bonds is 6. The summed E-state index contributed by atoms with van der Waals surface area (Å²) in [5.41, 5.74) is 0.531. The average molecular weight is 345 g/mol. The molecule has 8 nitrogen and oxygen atoms in total. The fourth-order valence-electron chi connectivity index (χ4n) is 3.27. The second-order valence-electron chi connectivity index (χ2n) is 6.77. The summed E-state index contributed by atoms with van der Waals surface area (Å²) in [6, 6.07) is 2.13. The largest absolute Gasteiger partial charge is 0.381 e. The summed E-state index contributed by atoms with van der Waals surface area (Å²) in [6.07, 6.45) is 7.01. The van der Waals surface area contributed by atoms with Gasteiger partial charge in [-0.3, -0.25) is 14.7 Å². The van der Waals surface area contributed by atoms with Crippen LogP contribution in [-0.2, 0) is 9.53 Å². The van der Waals surface area contributed by atoms with Crippen LogP contribution in [0.3, 0.4) is 0 Å². The molecule has 8 heteroatoms. The van der Waals surface area contributed by atoms with E-state index >= 15 is 0 Å². The van der Waals surface area contributed by atoms with Crippen LogP contribution in [0.15, 0.2) is 6.20 Å². The number of nitrogens with one attached hydrogen (secondary N) is 3. The van der Waals surface area contributed by atoms with Gasteiger partial charge in [0.2, 0.25) is 5.91 Å². The van der Waals surface area contributed by atoms with Crippen LogP contribution in [0.2, 0.25) is 0 Å². The number of H-pyrrole nitrogens is 1. The van der Waals surface area contributed by atoms with Crippen LogP contribution in [0.25, 0.3) is 0 Å². The van der Waals surface area contributed by atoms with Crippen molar-refractivity contribution in [3.63, 3.8) is 0 Å². The first kappa shape index (κ1) is 17.4. The molecule has 3 N–H and O–H groups in total. The third kappa shape index (κ3) is 4.17. The van der Waals surface area contributed by atoms with Gasteiger partial charge < -0.3 is 15.4 Å². The van der Waals surface area contributed by atoms with Crippen LogP contribution in [0, 0.1) is 23.2 Å². The van der Waals surface area contributed by atoms with E-state index in [9.17, 15) is 9.59 Å². The predicted octanol–water partition coefficient (Wildman–Crippen LogP) is 1.59. The van der Waals surface area contributed by atoms with Gasteiger partial charge in [-0.1, -0.05) is 0 Å². The molecule has 25 heavy (non-hydrogen) atoms. The van der Waals surface area contributed by atoms with Crippen molar-refractivity contribution in [1.29, 1.82) is 5.26 Å². The van der Waals surface area contributed by atoms with Gasteiger partial charge in [0.1, 0.15) is 11.6 Å². The van der Waals surface area contributed by atoms with Crippen molar-refractivity contribution in [1.82, 2.24) is 15.5 Å². The molecule has 0 aliphatic heterocycles. The Bertz CT molecular complexity index is 668. The van der Waals surface area contributed by atoms with Crippen LogP contribution in [-0.4, -0.2) is 41.3 Å². The van der Waals surface area contributed by atoms with E-state index in [0.717, 1.165) is 38.5 Å². The minimum atomic E-state index is -0.671. The predicted molar refractivity (Wildman–Crippen MR) is 89.6 cm³/mol. The molecule has 1 aromatic rings. The van der Waals surface area contributed by atoms with Gasteiger partial charge in [0.25, 0.3) is 5.91 Å². The summed E-state index contributed by atoms with van der Waals surface area (Å²) in [5, 5.41) is 21.3. The molecule has 2 aliphatic carbocycles. The second kappa shape index (κ2) is 7.66. The molecule has 2 amide bonds. The molecule has 0 radical (unpaired) electrons. The van der Waals surface area contributed by atoms with Crippen LogP contribution < -0.4 is 10.6 Å². The minimum absolute atomic E-state index is 0.0871. The van der Waals surface area contributed by atoms with E-state index in [0.29, 0.717) is 5.69 Å². The van der Waals surface area contributed by atoms with E-state index in [1.165, 1.54) is 6.20 Å². The smallest absolute Gasteiger partial charge is 0.271 e. The number of carbonyl (C=O) groups is 2. The van der Waals surface area contributed by atoms with Crippen LogP contribution in [0.4, 0.5) is 5.69 Å². The molecule has 2 saturated carbocycles. The number of aromatic amines is 1. The third-order valence-electron chi connectivity index (χ3n) is 4.98. The van der Waals surface area contributed by atoms with Gasteiger partial charge >= 0.3 is 0 Å². The zero-order valence-electron chi connectivity index (χ0n) is 14.2. The van der Waals surface area contributed by atoms with Crippen molar-refractivity contribution >= 4 is 17.5 Å². The molecule has 0 bridgehead atoms. The lowest BCUT2D eigenvalue weighted by Gasteiger charge is -2.28.